The first-order chi connectivity index (χ1) is 22.8. The molecule has 0 heterocycles. The Morgan fingerprint density at radius 3 is 1.30 bits per heavy atom. The molecule has 0 aliphatic rings. The maximum atomic E-state index is 2.43. The molecule has 0 saturated carbocycles. The van der Waals surface area contributed by atoms with Crippen molar-refractivity contribution in [2.45, 2.75) is 0 Å². The second-order valence-corrected chi connectivity index (χ2v) is 12.5. The van der Waals surface area contributed by atoms with Gasteiger partial charge in [0, 0.05) is 0 Å². The predicted octanol–water partition coefficient (Wildman–Crippen LogP) is 13.1. The molecule has 0 radical (unpaired) electrons. The largest absolute Gasteiger partial charge is 0.0616 e. The van der Waals surface area contributed by atoms with E-state index in [1.165, 1.54) is 97.7 Å². The second kappa shape index (κ2) is 9.76. The summed E-state index contributed by atoms with van der Waals surface area (Å²) >= 11 is 0. The lowest BCUT2D eigenvalue weighted by molar-refractivity contribution is 1.66. The molecule has 0 aromatic heterocycles. The van der Waals surface area contributed by atoms with Gasteiger partial charge in [0.2, 0.25) is 0 Å². The van der Waals surface area contributed by atoms with E-state index in [2.05, 4.69) is 170 Å². The minimum Gasteiger partial charge on any atom is -0.0616 e. The molecule has 0 fully saturated rings. The van der Waals surface area contributed by atoms with Crippen LogP contribution >= 0.6 is 0 Å². The van der Waals surface area contributed by atoms with Crippen molar-refractivity contribution in [3.8, 4) is 22.3 Å². The highest BCUT2D eigenvalue weighted by Crippen LogP contribution is 2.44. The third-order valence-corrected chi connectivity index (χ3v) is 9.98. The molecule has 0 nitrogen and oxygen atoms in total. The van der Waals surface area contributed by atoms with Crippen LogP contribution in [0.25, 0.3) is 97.7 Å². The highest BCUT2D eigenvalue weighted by Gasteiger charge is 2.16. The number of hydrogen-bond acceptors (Lipinski definition) is 0. The lowest BCUT2D eigenvalue weighted by atomic mass is 9.86. The molecule has 0 saturated heterocycles. The predicted molar refractivity (Wildman–Crippen MR) is 200 cm³/mol. The van der Waals surface area contributed by atoms with Crippen LogP contribution in [0.4, 0.5) is 0 Å². The van der Waals surface area contributed by atoms with Gasteiger partial charge in [-0.3, -0.25) is 0 Å². The summed E-state index contributed by atoms with van der Waals surface area (Å²) in [6.45, 7) is 0. The molecule has 0 N–H and O–H groups in total. The van der Waals surface area contributed by atoms with Gasteiger partial charge in [0.25, 0.3) is 0 Å². The van der Waals surface area contributed by atoms with Gasteiger partial charge in [-0.1, -0.05) is 152 Å². The lowest BCUT2D eigenvalue weighted by Gasteiger charge is -2.17. The van der Waals surface area contributed by atoms with Gasteiger partial charge >= 0.3 is 0 Å². The molecule has 0 atom stereocenters. The van der Waals surface area contributed by atoms with Crippen molar-refractivity contribution in [3.05, 3.63) is 170 Å². The van der Waals surface area contributed by atoms with E-state index in [0.29, 0.717) is 0 Å². The first-order valence-corrected chi connectivity index (χ1v) is 16.0. The molecule has 0 aliphatic carbocycles. The zero-order valence-electron chi connectivity index (χ0n) is 25.2. The third kappa shape index (κ3) is 3.68. The van der Waals surface area contributed by atoms with E-state index in [0.717, 1.165) is 0 Å². The van der Waals surface area contributed by atoms with Gasteiger partial charge in [-0.2, -0.15) is 0 Å². The first-order valence-electron chi connectivity index (χ1n) is 16.0. The van der Waals surface area contributed by atoms with Gasteiger partial charge < -0.3 is 0 Å². The van der Waals surface area contributed by atoms with E-state index in [1.54, 1.807) is 0 Å². The Labute approximate surface area is 266 Å². The maximum absolute atomic E-state index is 2.43. The standard InChI is InChI=1S/C46H28/c1-2-12-35-29(10-1)11-9-19-36(35)34-23-22-30-26-31(20-21-32(30)27-34)33-24-25-40-39-15-5-7-17-42(39)45-41-16-6-3-13-37(41)38-14-4-8-18-43(38)46(45)44(40)28-33/h1-28H. The molecule has 10 aromatic rings. The van der Waals surface area contributed by atoms with Crippen molar-refractivity contribution in [2.75, 3.05) is 0 Å². The smallest absolute Gasteiger partial charge is 0.00137 e. The average molecular weight is 581 g/mol. The zero-order chi connectivity index (χ0) is 30.2. The van der Waals surface area contributed by atoms with E-state index in [4.69, 9.17) is 0 Å². The molecule has 10 rings (SSSR count). The average Bonchev–Trinajstić information content (AvgIpc) is 3.13. The summed E-state index contributed by atoms with van der Waals surface area (Å²) in [4.78, 5) is 0. The minimum atomic E-state index is 1.23. The number of hydrogen-bond donors (Lipinski definition) is 0. The van der Waals surface area contributed by atoms with Crippen molar-refractivity contribution >= 4 is 75.4 Å². The topological polar surface area (TPSA) is 0 Å². The molecule has 0 aliphatic heterocycles. The Morgan fingerprint density at radius 2 is 0.652 bits per heavy atom. The number of rotatable bonds is 2. The zero-order valence-corrected chi connectivity index (χ0v) is 25.2. The summed E-state index contributed by atoms with van der Waals surface area (Å²) in [6, 6.07) is 62.8. The van der Waals surface area contributed by atoms with Crippen molar-refractivity contribution in [1.82, 2.24) is 0 Å². The highest BCUT2D eigenvalue weighted by molar-refractivity contribution is 6.39. The molecule has 0 unspecified atom stereocenters. The normalized spacial score (nSPS) is 11.9. The third-order valence-electron chi connectivity index (χ3n) is 9.98. The Balaban J connectivity index is 1.21. The van der Waals surface area contributed by atoms with Crippen LogP contribution in [0.3, 0.4) is 0 Å². The molecule has 0 heteroatoms. The Morgan fingerprint density at radius 1 is 0.217 bits per heavy atom. The van der Waals surface area contributed by atoms with Crippen LogP contribution in [0.5, 0.6) is 0 Å². The molecule has 0 amide bonds. The van der Waals surface area contributed by atoms with Crippen LogP contribution in [0.2, 0.25) is 0 Å². The van der Waals surface area contributed by atoms with Gasteiger partial charge in [0.1, 0.15) is 0 Å². The van der Waals surface area contributed by atoms with E-state index < -0.39 is 0 Å². The van der Waals surface area contributed by atoms with Gasteiger partial charge in [-0.15, -0.1) is 0 Å². The van der Waals surface area contributed by atoms with E-state index in [1.807, 2.05) is 0 Å². The monoisotopic (exact) mass is 580 g/mol. The molecular formula is C46H28. The molecule has 212 valence electrons. The van der Waals surface area contributed by atoms with Gasteiger partial charge in [0.05, 0.1) is 0 Å². The van der Waals surface area contributed by atoms with E-state index >= 15 is 0 Å². The maximum Gasteiger partial charge on any atom is -0.00137 e. The van der Waals surface area contributed by atoms with Crippen molar-refractivity contribution in [3.63, 3.8) is 0 Å². The van der Waals surface area contributed by atoms with Crippen LogP contribution < -0.4 is 0 Å². The van der Waals surface area contributed by atoms with Crippen LogP contribution in [-0.4, -0.2) is 0 Å². The second-order valence-electron chi connectivity index (χ2n) is 12.5. The van der Waals surface area contributed by atoms with Gasteiger partial charge in [0.15, 0.2) is 0 Å². The quantitative estimate of drug-likeness (QED) is 0.178. The van der Waals surface area contributed by atoms with Gasteiger partial charge in [-0.05, 0) is 116 Å². The number of fused-ring (bicyclic) bond motifs is 13. The van der Waals surface area contributed by atoms with Crippen molar-refractivity contribution < 1.29 is 0 Å². The molecule has 0 spiro atoms. The summed E-state index contributed by atoms with van der Waals surface area (Å²) in [5.41, 5.74) is 5.00. The van der Waals surface area contributed by atoms with E-state index in [-0.39, 0.29) is 0 Å². The minimum absolute atomic E-state index is 1.23. The lowest BCUT2D eigenvalue weighted by Crippen LogP contribution is -1.89. The van der Waals surface area contributed by atoms with E-state index in [9.17, 15) is 0 Å². The van der Waals surface area contributed by atoms with Gasteiger partial charge in [-0.25, -0.2) is 0 Å². The van der Waals surface area contributed by atoms with Crippen LogP contribution in [-0.2, 0) is 0 Å². The Kier molecular flexibility index (Phi) is 5.38. The molecule has 0 bridgehead atoms. The Hall–Kier alpha value is -5.98. The summed E-state index contributed by atoms with van der Waals surface area (Å²) in [6.07, 6.45) is 0. The summed E-state index contributed by atoms with van der Waals surface area (Å²) in [7, 11) is 0. The first kappa shape index (κ1) is 25.4. The molecule has 46 heavy (non-hydrogen) atoms. The molecular weight excluding hydrogens is 553 g/mol. The molecule has 10 aromatic carbocycles. The van der Waals surface area contributed by atoms with Crippen LogP contribution in [0.15, 0.2) is 170 Å². The highest BCUT2D eigenvalue weighted by atomic mass is 14.2. The fourth-order valence-electron chi connectivity index (χ4n) is 7.87. The summed E-state index contributed by atoms with van der Waals surface area (Å²) in [5, 5.41) is 18.2. The summed E-state index contributed by atoms with van der Waals surface area (Å²) < 4.78 is 0. The van der Waals surface area contributed by atoms with Crippen LogP contribution in [0.1, 0.15) is 0 Å². The van der Waals surface area contributed by atoms with Crippen molar-refractivity contribution in [2.24, 2.45) is 0 Å². The fraction of sp³-hybridized carbons (Fsp3) is 0. The van der Waals surface area contributed by atoms with Crippen molar-refractivity contribution in [1.29, 1.82) is 0 Å². The number of benzene rings is 10. The van der Waals surface area contributed by atoms with Crippen LogP contribution in [0, 0.1) is 0 Å². The SMILES string of the molecule is c1ccc2c(-c3ccc4cc(-c5ccc6c7ccccc7c7c8ccccc8c8ccccc8c7c6c5)ccc4c3)cccc2c1. The fourth-order valence-corrected chi connectivity index (χ4v) is 7.87. The Bertz CT molecular complexity index is 2830. The summed E-state index contributed by atoms with van der Waals surface area (Å²) in [5.74, 6) is 0.